The molecule has 0 amide bonds. The molecule has 0 radical (unpaired) electrons. The monoisotopic (exact) mass is 633 g/mol. The Morgan fingerprint density at radius 1 is 1.02 bits per heavy atom. The van der Waals surface area contributed by atoms with Gasteiger partial charge in [0.25, 0.3) is 0 Å². The first-order chi connectivity index (χ1) is 21.5. The molecule has 0 saturated carbocycles. The third-order valence-corrected chi connectivity index (χ3v) is 8.94. The van der Waals surface area contributed by atoms with Crippen LogP contribution in [0.3, 0.4) is 0 Å². The molecule has 1 aromatic heterocycles. The predicted octanol–water partition coefficient (Wildman–Crippen LogP) is 5.33. The topological polar surface area (TPSA) is 151 Å². The van der Waals surface area contributed by atoms with Crippen LogP contribution in [-0.2, 0) is 14.3 Å². The molecule has 3 aliphatic rings. The summed E-state index contributed by atoms with van der Waals surface area (Å²) in [4.78, 5) is 53.7. The van der Waals surface area contributed by atoms with E-state index >= 15 is 0 Å². The number of methoxy groups -OCH3 is 3. The predicted molar refractivity (Wildman–Crippen MR) is 160 cm³/mol. The maximum absolute atomic E-state index is 14.8. The van der Waals surface area contributed by atoms with Gasteiger partial charge in [0.15, 0.2) is 5.75 Å². The molecule has 1 spiro atoms. The summed E-state index contributed by atoms with van der Waals surface area (Å²) in [5, 5.41) is 12.5. The molecule has 0 unspecified atom stereocenters. The first-order valence-corrected chi connectivity index (χ1v) is 14.3. The molecule has 3 heterocycles. The second-order valence-corrected chi connectivity index (χ2v) is 11.3. The zero-order valence-corrected chi connectivity index (χ0v) is 25.7. The Labute approximate surface area is 262 Å². The number of esters is 1. The van der Waals surface area contributed by atoms with Crippen molar-refractivity contribution in [2.45, 2.75) is 31.8 Å². The van der Waals surface area contributed by atoms with Crippen LogP contribution in [0.25, 0.3) is 11.3 Å². The van der Waals surface area contributed by atoms with E-state index in [1.54, 1.807) is 38.1 Å². The number of ether oxygens (including phenoxy) is 4. The number of ketones is 2. The number of allylic oxidation sites excluding steroid dienone is 2. The number of benzene rings is 2. The number of carboxylic acid groups (broad SMARTS) is 1. The Balaban J connectivity index is 1.49. The lowest BCUT2D eigenvalue weighted by atomic mass is 9.66. The molecule has 3 aromatic rings. The Morgan fingerprint density at radius 2 is 1.71 bits per heavy atom. The van der Waals surface area contributed by atoms with Crippen LogP contribution in [0.4, 0.5) is 0 Å². The highest BCUT2D eigenvalue weighted by molar-refractivity contribution is 6.36. The minimum Gasteiger partial charge on any atom is -0.496 e. The smallest absolute Gasteiger partial charge is 0.336 e. The second-order valence-electron chi connectivity index (χ2n) is 11.0. The van der Waals surface area contributed by atoms with Gasteiger partial charge in [-0.05, 0) is 37.6 Å². The summed E-state index contributed by atoms with van der Waals surface area (Å²) in [5.41, 5.74) is -0.0937. The zero-order chi connectivity index (χ0) is 32.4. The first kappa shape index (κ1) is 30.0. The molecular weight excluding hydrogens is 606 g/mol. The Hall–Kier alpha value is -5.03. The van der Waals surface area contributed by atoms with Crippen LogP contribution < -0.4 is 19.5 Å². The number of furan rings is 1. The zero-order valence-electron chi connectivity index (χ0n) is 24.9. The minimum absolute atomic E-state index is 0.0206. The summed E-state index contributed by atoms with van der Waals surface area (Å²) in [6.45, 7) is 3.43. The van der Waals surface area contributed by atoms with Gasteiger partial charge in [-0.3, -0.25) is 9.59 Å². The van der Waals surface area contributed by atoms with Crippen LogP contribution in [0.1, 0.15) is 52.7 Å². The summed E-state index contributed by atoms with van der Waals surface area (Å²) < 4.78 is 28.5. The van der Waals surface area contributed by atoms with Gasteiger partial charge in [-0.25, -0.2) is 9.59 Å². The van der Waals surface area contributed by atoms with Crippen LogP contribution in [0.2, 0.25) is 5.02 Å². The van der Waals surface area contributed by atoms with Crippen LogP contribution in [-0.4, -0.2) is 55.5 Å². The van der Waals surface area contributed by atoms with Crippen molar-refractivity contribution in [2.75, 3.05) is 21.3 Å². The fourth-order valence-electron chi connectivity index (χ4n) is 6.38. The summed E-state index contributed by atoms with van der Waals surface area (Å²) >= 11 is 6.59. The highest BCUT2D eigenvalue weighted by atomic mass is 35.5. The van der Waals surface area contributed by atoms with Crippen molar-refractivity contribution in [3.05, 3.63) is 86.9 Å². The van der Waals surface area contributed by atoms with E-state index in [1.165, 1.54) is 39.5 Å². The highest BCUT2D eigenvalue weighted by Gasteiger charge is 2.64. The molecule has 2 N–H and O–H groups in total. The van der Waals surface area contributed by atoms with E-state index in [9.17, 15) is 24.3 Å². The Morgan fingerprint density at radius 3 is 2.33 bits per heavy atom. The van der Waals surface area contributed by atoms with Crippen molar-refractivity contribution < 1.29 is 47.6 Å². The van der Waals surface area contributed by atoms with E-state index in [-0.39, 0.29) is 56.7 Å². The lowest BCUT2D eigenvalue weighted by Crippen LogP contribution is -2.58. The fourth-order valence-corrected chi connectivity index (χ4v) is 6.64. The number of dihydropyridines is 1. The lowest BCUT2D eigenvalue weighted by Gasteiger charge is -2.42. The van der Waals surface area contributed by atoms with Gasteiger partial charge >= 0.3 is 11.9 Å². The van der Waals surface area contributed by atoms with Gasteiger partial charge in [0.1, 0.15) is 33.6 Å². The quantitative estimate of drug-likeness (QED) is 0.268. The minimum atomic E-state index is -2.01. The number of aromatic carboxylic acids is 1. The molecule has 0 bridgehead atoms. The third kappa shape index (κ3) is 4.33. The average Bonchev–Trinajstić information content (AvgIpc) is 3.64. The molecule has 232 valence electrons. The average molecular weight is 634 g/mol. The number of carbonyl (C=O) groups is 4. The number of hydrogen-bond acceptors (Lipinski definition) is 10. The van der Waals surface area contributed by atoms with Crippen LogP contribution in [0, 0.1) is 5.92 Å². The maximum atomic E-state index is 14.8. The lowest BCUT2D eigenvalue weighted by molar-refractivity contribution is -0.136. The van der Waals surface area contributed by atoms with E-state index in [0.717, 1.165) is 0 Å². The number of Topliss-reactive ketones (excluding diaryl/α,β-unsaturated/α-hetero) is 2. The summed E-state index contributed by atoms with van der Waals surface area (Å²) in [6.07, 6.45) is 0.213. The SMILES string of the molecule is COC(=O)C1=C(C)NC2=C(C(=O)[C@@]3(Oc4c(Cl)c(OC)cc(OC)c4C3=O)[C@H](C)C2)[C@@H]1c1ccc(-c2ccc(C(=O)O)cc2)o1. The van der Waals surface area contributed by atoms with Gasteiger partial charge < -0.3 is 33.8 Å². The third-order valence-electron chi connectivity index (χ3n) is 8.58. The van der Waals surface area contributed by atoms with Crippen molar-refractivity contribution >= 4 is 35.1 Å². The van der Waals surface area contributed by atoms with Crippen LogP contribution in [0.15, 0.2) is 69.4 Å². The maximum Gasteiger partial charge on any atom is 0.336 e. The molecule has 2 aliphatic heterocycles. The molecule has 2 aromatic carbocycles. The molecule has 11 nitrogen and oxygen atoms in total. The molecule has 45 heavy (non-hydrogen) atoms. The van der Waals surface area contributed by atoms with Crippen LogP contribution >= 0.6 is 11.6 Å². The Kier molecular flexibility index (Phi) is 7.24. The standard InChI is InChI=1S/C33H28ClNO10/c1-14-12-18-24(29(36)33(14)30(37)26-21(41-3)13-22(42-4)27(34)28(26)45-33)25(23(15(2)35-18)32(40)43-5)20-11-10-19(44-20)16-6-8-17(9-7-16)31(38)39/h6-11,13-14,25,35H,12H2,1-5H3,(H,38,39)/t14-,25-,33+/m1/s1. The van der Waals surface area contributed by atoms with E-state index in [1.807, 2.05) is 0 Å². The number of halogens is 1. The molecule has 1 aliphatic carbocycles. The van der Waals surface area contributed by atoms with Gasteiger partial charge in [-0.15, -0.1) is 0 Å². The number of hydrogen-bond donors (Lipinski definition) is 2. The van der Waals surface area contributed by atoms with Gasteiger partial charge in [-0.1, -0.05) is 30.7 Å². The normalized spacial score (nSPS) is 22.1. The van der Waals surface area contributed by atoms with E-state index in [2.05, 4.69) is 5.32 Å². The van der Waals surface area contributed by atoms with Crippen molar-refractivity contribution in [3.8, 4) is 28.6 Å². The van der Waals surface area contributed by atoms with E-state index in [4.69, 9.17) is 35.0 Å². The summed E-state index contributed by atoms with van der Waals surface area (Å²) in [5.74, 6) is -3.83. The van der Waals surface area contributed by atoms with Crippen LogP contribution in [0.5, 0.6) is 17.2 Å². The Bertz CT molecular complexity index is 1870. The van der Waals surface area contributed by atoms with Crippen molar-refractivity contribution in [2.24, 2.45) is 5.92 Å². The van der Waals surface area contributed by atoms with Crippen molar-refractivity contribution in [3.63, 3.8) is 0 Å². The number of carboxylic acids is 1. The summed E-state index contributed by atoms with van der Waals surface area (Å²) in [6, 6.07) is 10.8. The van der Waals surface area contributed by atoms with Gasteiger partial charge in [0.2, 0.25) is 17.2 Å². The molecule has 0 saturated heterocycles. The summed E-state index contributed by atoms with van der Waals surface area (Å²) in [7, 11) is 4.02. The van der Waals surface area contributed by atoms with Gasteiger partial charge in [-0.2, -0.15) is 0 Å². The number of nitrogens with one attached hydrogen (secondary N) is 1. The fraction of sp³-hybridized carbons (Fsp3) is 0.273. The molecule has 6 rings (SSSR count). The number of fused-ring (bicyclic) bond motifs is 1. The van der Waals surface area contributed by atoms with Crippen molar-refractivity contribution in [1.29, 1.82) is 0 Å². The van der Waals surface area contributed by atoms with E-state index < -0.39 is 40.9 Å². The molecule has 3 atom stereocenters. The first-order valence-electron chi connectivity index (χ1n) is 13.9. The van der Waals surface area contributed by atoms with E-state index in [0.29, 0.717) is 22.7 Å². The number of rotatable bonds is 6. The van der Waals surface area contributed by atoms with Crippen molar-refractivity contribution in [1.82, 2.24) is 5.32 Å². The van der Waals surface area contributed by atoms with Gasteiger partial charge in [0, 0.05) is 34.5 Å². The number of carbonyl (C=O) groups excluding carboxylic acids is 3. The molecule has 12 heteroatoms. The highest BCUT2D eigenvalue weighted by Crippen LogP contribution is 2.56. The second kappa shape index (κ2) is 10.8. The molecular formula is C33H28ClNO10. The largest absolute Gasteiger partial charge is 0.496 e. The van der Waals surface area contributed by atoms with Gasteiger partial charge in [0.05, 0.1) is 38.4 Å². The molecule has 0 fully saturated rings.